The molecule has 0 saturated carbocycles. The first-order chi connectivity index (χ1) is 7.67. The van der Waals surface area contributed by atoms with Gasteiger partial charge in [0.05, 0.1) is 12.1 Å². The summed E-state index contributed by atoms with van der Waals surface area (Å²) in [4.78, 5) is 17.8. The van der Waals surface area contributed by atoms with Gasteiger partial charge in [-0.25, -0.2) is 4.98 Å². The highest BCUT2D eigenvalue weighted by atomic mass is 32.1. The monoisotopic (exact) mass is 241 g/mol. The predicted octanol–water partition coefficient (Wildman–Crippen LogP) is 1.40. The van der Waals surface area contributed by atoms with Crippen LogP contribution in [-0.4, -0.2) is 29.4 Å². The van der Waals surface area contributed by atoms with Crippen molar-refractivity contribution in [3.05, 3.63) is 16.1 Å². The van der Waals surface area contributed by atoms with Crippen molar-refractivity contribution in [3.63, 3.8) is 0 Å². The highest BCUT2D eigenvalue weighted by Gasteiger charge is 2.11. The van der Waals surface area contributed by atoms with E-state index in [1.54, 1.807) is 4.90 Å². The number of thiazole rings is 1. The van der Waals surface area contributed by atoms with E-state index < -0.39 is 0 Å². The molecule has 0 aliphatic carbocycles. The van der Waals surface area contributed by atoms with Crippen molar-refractivity contribution in [3.8, 4) is 0 Å². The lowest BCUT2D eigenvalue weighted by Crippen LogP contribution is -2.29. The summed E-state index contributed by atoms with van der Waals surface area (Å²) in [5, 5.41) is 2.80. The number of amides is 1. The highest BCUT2D eigenvalue weighted by molar-refractivity contribution is 7.09. The normalized spacial score (nSPS) is 10.4. The fraction of sp³-hybridized carbons (Fsp3) is 0.636. The van der Waals surface area contributed by atoms with Crippen LogP contribution in [0.4, 0.5) is 0 Å². The third-order valence-electron chi connectivity index (χ3n) is 2.38. The van der Waals surface area contributed by atoms with Gasteiger partial charge in [0.1, 0.15) is 5.01 Å². The fourth-order valence-corrected chi connectivity index (χ4v) is 2.01. The van der Waals surface area contributed by atoms with Crippen LogP contribution < -0.4 is 5.73 Å². The molecule has 1 aromatic heterocycles. The van der Waals surface area contributed by atoms with Crippen LogP contribution in [-0.2, 0) is 17.8 Å². The molecule has 16 heavy (non-hydrogen) atoms. The van der Waals surface area contributed by atoms with Gasteiger partial charge in [-0.2, -0.15) is 0 Å². The van der Waals surface area contributed by atoms with Gasteiger partial charge in [-0.15, -0.1) is 11.3 Å². The number of nitrogens with two attached hydrogens (primary N) is 1. The quantitative estimate of drug-likeness (QED) is 0.819. The molecule has 0 aliphatic rings. The maximum absolute atomic E-state index is 11.8. The predicted molar refractivity (Wildman–Crippen MR) is 66.3 cm³/mol. The van der Waals surface area contributed by atoms with Crippen molar-refractivity contribution < 1.29 is 4.79 Å². The van der Waals surface area contributed by atoms with Gasteiger partial charge in [-0.3, -0.25) is 4.79 Å². The largest absolute Gasteiger partial charge is 0.345 e. The number of carbonyl (C=O) groups is 1. The molecule has 0 atom stereocenters. The van der Waals surface area contributed by atoms with Gasteiger partial charge in [0.2, 0.25) is 5.91 Å². The number of hydrogen-bond acceptors (Lipinski definition) is 4. The molecule has 0 bridgehead atoms. The minimum absolute atomic E-state index is 0.127. The Bertz CT molecular complexity index is 338. The summed E-state index contributed by atoms with van der Waals surface area (Å²) in [6, 6.07) is 0. The number of unbranched alkanes of at least 4 members (excludes halogenated alkanes) is 1. The first-order valence-electron chi connectivity index (χ1n) is 5.54. The highest BCUT2D eigenvalue weighted by Crippen LogP contribution is 2.10. The van der Waals surface area contributed by atoms with Crippen LogP contribution in [0.3, 0.4) is 0 Å². The first-order valence-corrected chi connectivity index (χ1v) is 6.42. The van der Waals surface area contributed by atoms with Crippen LogP contribution in [0.2, 0.25) is 0 Å². The maximum Gasteiger partial charge on any atom is 0.228 e. The molecular formula is C11H19N3OS. The lowest BCUT2D eigenvalue weighted by Gasteiger charge is -2.15. The number of rotatable bonds is 6. The summed E-state index contributed by atoms with van der Waals surface area (Å²) in [6.45, 7) is 3.39. The van der Waals surface area contributed by atoms with E-state index in [4.69, 9.17) is 5.73 Å². The topological polar surface area (TPSA) is 59.2 Å². The molecule has 1 aromatic rings. The van der Waals surface area contributed by atoms with Gasteiger partial charge in [0.25, 0.3) is 0 Å². The molecule has 0 unspecified atom stereocenters. The van der Waals surface area contributed by atoms with Crippen molar-refractivity contribution in [1.82, 2.24) is 9.88 Å². The van der Waals surface area contributed by atoms with Crippen molar-refractivity contribution in [2.24, 2.45) is 5.73 Å². The summed E-state index contributed by atoms with van der Waals surface area (Å²) in [5.74, 6) is 0.127. The van der Waals surface area contributed by atoms with Gasteiger partial charge in [0.15, 0.2) is 0 Å². The zero-order valence-corrected chi connectivity index (χ0v) is 10.7. The Morgan fingerprint density at radius 3 is 2.94 bits per heavy atom. The van der Waals surface area contributed by atoms with Crippen LogP contribution in [0.25, 0.3) is 0 Å². The molecule has 4 nitrogen and oxygen atoms in total. The maximum atomic E-state index is 11.8. The Hall–Kier alpha value is -0.940. The molecule has 0 spiro atoms. The molecule has 1 amide bonds. The van der Waals surface area contributed by atoms with E-state index in [1.165, 1.54) is 11.3 Å². The van der Waals surface area contributed by atoms with Crippen molar-refractivity contribution in [1.29, 1.82) is 0 Å². The number of carbonyl (C=O) groups excluding carboxylic acids is 1. The van der Waals surface area contributed by atoms with Crippen LogP contribution in [0.1, 0.15) is 30.5 Å². The molecule has 1 rings (SSSR count). The van der Waals surface area contributed by atoms with Crippen LogP contribution in [0.5, 0.6) is 0 Å². The zero-order valence-electron chi connectivity index (χ0n) is 9.90. The second-order valence-electron chi connectivity index (χ2n) is 3.78. The van der Waals surface area contributed by atoms with Gasteiger partial charge in [0, 0.05) is 25.5 Å². The van der Waals surface area contributed by atoms with Crippen molar-refractivity contribution in [2.45, 2.75) is 32.7 Å². The zero-order chi connectivity index (χ0) is 12.0. The van der Waals surface area contributed by atoms with Crippen LogP contribution in [0.15, 0.2) is 5.38 Å². The van der Waals surface area contributed by atoms with Gasteiger partial charge in [-0.1, -0.05) is 13.3 Å². The van der Waals surface area contributed by atoms with Crippen LogP contribution in [0, 0.1) is 0 Å². The molecule has 1 heterocycles. The van der Waals surface area contributed by atoms with E-state index in [9.17, 15) is 4.79 Å². The van der Waals surface area contributed by atoms with E-state index >= 15 is 0 Å². The first kappa shape index (κ1) is 13.1. The molecule has 0 aliphatic heterocycles. The van der Waals surface area contributed by atoms with Crippen molar-refractivity contribution >= 4 is 17.2 Å². The third-order valence-corrected chi connectivity index (χ3v) is 3.30. The molecule has 0 radical (unpaired) electrons. The molecule has 0 aromatic carbocycles. The fourth-order valence-electron chi connectivity index (χ4n) is 1.33. The summed E-state index contributed by atoms with van der Waals surface area (Å²) < 4.78 is 0. The van der Waals surface area contributed by atoms with E-state index in [2.05, 4.69) is 11.9 Å². The number of hydrogen-bond donors (Lipinski definition) is 1. The van der Waals surface area contributed by atoms with Gasteiger partial charge in [-0.05, 0) is 6.42 Å². The molecular weight excluding hydrogens is 222 g/mol. The van der Waals surface area contributed by atoms with Crippen molar-refractivity contribution in [2.75, 3.05) is 13.6 Å². The summed E-state index contributed by atoms with van der Waals surface area (Å²) in [5.41, 5.74) is 6.30. The van der Waals surface area contributed by atoms with E-state index in [0.717, 1.165) is 30.1 Å². The summed E-state index contributed by atoms with van der Waals surface area (Å²) >= 11 is 1.51. The molecule has 2 N–H and O–H groups in total. The Kier molecular flexibility index (Phi) is 5.42. The van der Waals surface area contributed by atoms with E-state index in [1.807, 2.05) is 12.4 Å². The van der Waals surface area contributed by atoms with Crippen LogP contribution >= 0.6 is 11.3 Å². The SMILES string of the molecule is CCCCN(C)C(=O)Cc1csc(CN)n1. The molecule has 90 valence electrons. The second-order valence-corrected chi connectivity index (χ2v) is 4.72. The average Bonchev–Trinajstić information content (AvgIpc) is 2.73. The molecule has 5 heteroatoms. The van der Waals surface area contributed by atoms with E-state index in [-0.39, 0.29) is 5.91 Å². The Morgan fingerprint density at radius 1 is 1.62 bits per heavy atom. The smallest absolute Gasteiger partial charge is 0.228 e. The third kappa shape index (κ3) is 3.90. The Morgan fingerprint density at radius 2 is 2.38 bits per heavy atom. The Balaban J connectivity index is 2.44. The summed E-state index contributed by atoms with van der Waals surface area (Å²) in [7, 11) is 1.84. The summed E-state index contributed by atoms with van der Waals surface area (Å²) in [6.07, 6.45) is 2.54. The van der Waals surface area contributed by atoms with E-state index in [0.29, 0.717) is 13.0 Å². The number of nitrogens with zero attached hydrogens (tertiary/aromatic N) is 2. The standard InChI is InChI=1S/C11H19N3OS/c1-3-4-5-14(2)11(15)6-9-8-16-10(7-12)13-9/h8H,3-7,12H2,1-2H3. The van der Waals surface area contributed by atoms with Gasteiger partial charge >= 0.3 is 0 Å². The minimum atomic E-state index is 0.127. The average molecular weight is 241 g/mol. The lowest BCUT2D eigenvalue weighted by molar-refractivity contribution is -0.129. The molecule has 0 saturated heterocycles. The second kappa shape index (κ2) is 6.60. The minimum Gasteiger partial charge on any atom is -0.345 e. The molecule has 0 fully saturated rings. The number of likely N-dealkylation sites (N-methyl/N-ethyl adjacent to an activating group) is 1. The van der Waals surface area contributed by atoms with Gasteiger partial charge < -0.3 is 10.6 Å². The Labute approximate surface area is 100 Å². The lowest BCUT2D eigenvalue weighted by atomic mass is 10.2. The number of aromatic nitrogens is 1.